The van der Waals surface area contributed by atoms with E-state index in [4.69, 9.17) is 85.8 Å². The van der Waals surface area contributed by atoms with Crippen LogP contribution in [-0.2, 0) is 29.3 Å². The number of amides is 2. The second-order valence-corrected chi connectivity index (χ2v) is 26.0. The molecule has 0 saturated heterocycles. The Bertz CT molecular complexity index is 3350. The van der Waals surface area contributed by atoms with Crippen LogP contribution in [0.3, 0.4) is 0 Å². The van der Waals surface area contributed by atoms with E-state index in [-0.39, 0.29) is 78.5 Å². The van der Waals surface area contributed by atoms with Crippen molar-refractivity contribution in [3.05, 3.63) is 156 Å². The van der Waals surface area contributed by atoms with Crippen molar-refractivity contribution in [2.45, 2.75) is 139 Å². The van der Waals surface area contributed by atoms with E-state index in [9.17, 15) is 46.2 Å². The van der Waals surface area contributed by atoms with Crippen LogP contribution in [0.4, 0.5) is 22.7 Å². The highest BCUT2D eigenvalue weighted by Gasteiger charge is 2.34. The molecule has 0 heterocycles. The minimum atomic E-state index is -3.96. The number of hydrogen-bond acceptors (Lipinski definition) is 13. The molecule has 8 N–H and O–H groups in total. The highest BCUT2D eigenvalue weighted by atomic mass is 35.5. The SMILES string of the molecule is CC(=O)c1ccc(Cl)c(Cl)c1.CC(=O)c1ccc(Cl)c(Cl)c1.CCC(C(=O)Nc1cc(O)c(N)cc1Cl)S(=O)(=O)c1ccc(C)cc1.CCCCCCCCCCCCOc1ccc(S(=O)(=O)C(CC)C(=O)Nc2cc(O)c(N)cc2Cl)cc1. The third-order valence-corrected chi connectivity index (χ3v) is 19.3. The lowest BCUT2D eigenvalue weighted by molar-refractivity contribution is -0.116. The zero-order chi connectivity index (χ0) is 62.9. The summed E-state index contributed by atoms with van der Waals surface area (Å²) in [6.07, 6.45) is 12.6. The number of ether oxygens (including phenoxy) is 1. The number of phenols is 2. The number of carbonyl (C=O) groups excluding carboxylic acids is 4. The highest BCUT2D eigenvalue weighted by molar-refractivity contribution is 7.93. The molecular weight excluding hydrogens is 1240 g/mol. The molecule has 15 nitrogen and oxygen atoms in total. The lowest BCUT2D eigenvalue weighted by Crippen LogP contribution is -2.34. The molecule has 0 aromatic heterocycles. The molecule has 0 aliphatic carbocycles. The van der Waals surface area contributed by atoms with E-state index in [2.05, 4.69) is 17.6 Å². The van der Waals surface area contributed by atoms with Crippen LogP contribution < -0.4 is 26.8 Å². The molecule has 23 heteroatoms. The first-order chi connectivity index (χ1) is 39.6. The summed E-state index contributed by atoms with van der Waals surface area (Å²) in [5.74, 6) is -1.41. The number of ketones is 2. The van der Waals surface area contributed by atoms with Crippen molar-refractivity contribution < 1.29 is 51.0 Å². The summed E-state index contributed by atoms with van der Waals surface area (Å²) in [6.45, 7) is 10.9. The number of aromatic hydroxyl groups is 2. The minimum absolute atomic E-state index is 0.0106. The van der Waals surface area contributed by atoms with Crippen LogP contribution in [0.1, 0.15) is 138 Å². The van der Waals surface area contributed by atoms with Crippen LogP contribution >= 0.6 is 69.6 Å². The number of nitrogens with two attached hydrogens (primary N) is 2. The number of aryl methyl sites for hydroxylation is 1. The van der Waals surface area contributed by atoms with Gasteiger partial charge in [-0.3, -0.25) is 19.2 Å². The number of nitrogen functional groups attached to an aromatic ring is 2. The number of unbranched alkanes of at least 4 members (excludes halogenated alkanes) is 9. The van der Waals surface area contributed by atoms with Crippen LogP contribution in [0.25, 0.3) is 0 Å². The number of Topliss-reactive ketones (excluding diaryl/α,β-unsaturated/α-hetero) is 2. The highest BCUT2D eigenvalue weighted by Crippen LogP contribution is 2.35. The number of benzene rings is 6. The van der Waals surface area contributed by atoms with Gasteiger partial charge in [-0.25, -0.2) is 16.8 Å². The standard InChI is InChI=1S/C28H41ClN2O5S.C17H19ClN2O4S.2C8H6Cl2O/c1-3-5-6-7-8-9-10-11-12-13-18-36-21-14-16-22(17-15-21)37(34,35)27(4-2)28(33)31-25-20-26(32)24(30)19-23(25)29;1-3-16(25(23,24)11-6-4-10(2)5-7-11)17(22)20-14-9-15(21)13(19)8-12(14)18;2*1-5(11)6-2-3-7(9)8(10)4-6/h14-17,19-20,27,32H,3-13,18,30H2,1-2H3,(H,31,33);4-9,16,21H,3,19H2,1-2H3,(H,20,22);2*2-4H,1H3. The van der Waals surface area contributed by atoms with Crippen LogP contribution in [0.5, 0.6) is 17.2 Å². The number of anilines is 4. The molecule has 0 spiro atoms. The van der Waals surface area contributed by atoms with Gasteiger partial charge in [0.2, 0.25) is 11.8 Å². The molecule has 0 aliphatic rings. The van der Waals surface area contributed by atoms with Gasteiger partial charge in [0.1, 0.15) is 27.7 Å². The van der Waals surface area contributed by atoms with Gasteiger partial charge in [-0.15, -0.1) is 0 Å². The Kier molecular flexibility index (Phi) is 30.8. The maximum absolute atomic E-state index is 13.2. The molecule has 456 valence electrons. The lowest BCUT2D eigenvalue weighted by Gasteiger charge is -2.17. The van der Waals surface area contributed by atoms with Crippen molar-refractivity contribution in [3.8, 4) is 17.2 Å². The summed E-state index contributed by atoms with van der Waals surface area (Å²) >= 11 is 34.7. The van der Waals surface area contributed by atoms with Crippen molar-refractivity contribution in [2.75, 3.05) is 28.7 Å². The third-order valence-electron chi connectivity index (χ3n) is 12.7. The van der Waals surface area contributed by atoms with Gasteiger partial charge in [0.05, 0.1) is 69.3 Å². The van der Waals surface area contributed by atoms with Crippen molar-refractivity contribution in [3.63, 3.8) is 0 Å². The van der Waals surface area contributed by atoms with E-state index in [0.29, 0.717) is 43.6 Å². The Morgan fingerprint density at radius 1 is 0.488 bits per heavy atom. The Hall–Kier alpha value is -5.76. The fourth-order valence-corrected chi connectivity index (χ4v) is 12.1. The summed E-state index contributed by atoms with van der Waals surface area (Å²) in [4.78, 5) is 47.1. The predicted octanol–water partition coefficient (Wildman–Crippen LogP) is 16.6. The largest absolute Gasteiger partial charge is 0.506 e. The first kappa shape index (κ1) is 72.5. The summed E-state index contributed by atoms with van der Waals surface area (Å²) < 4.78 is 57.6. The summed E-state index contributed by atoms with van der Waals surface area (Å²) in [7, 11) is -7.82. The van der Waals surface area contributed by atoms with Crippen LogP contribution in [0, 0.1) is 6.92 Å². The minimum Gasteiger partial charge on any atom is -0.506 e. The molecule has 0 radical (unpaired) electrons. The van der Waals surface area contributed by atoms with E-state index in [1.807, 2.05) is 6.92 Å². The van der Waals surface area contributed by atoms with Crippen LogP contribution in [0.15, 0.2) is 119 Å². The second-order valence-electron chi connectivity index (χ2n) is 19.3. The molecule has 6 aromatic rings. The Balaban J connectivity index is 0.000000333. The topological polar surface area (TPSA) is 262 Å². The average molecular weight is 1310 g/mol. The summed E-state index contributed by atoms with van der Waals surface area (Å²) in [6, 6.07) is 27.0. The van der Waals surface area contributed by atoms with Gasteiger partial charge in [0.25, 0.3) is 0 Å². The predicted molar refractivity (Wildman–Crippen MR) is 343 cm³/mol. The molecule has 2 amide bonds. The number of carbonyl (C=O) groups is 4. The zero-order valence-electron chi connectivity index (χ0n) is 47.5. The number of phenolic OH excluding ortho intramolecular Hbond substituents is 2. The van der Waals surface area contributed by atoms with E-state index in [1.54, 1.807) is 74.5 Å². The van der Waals surface area contributed by atoms with Crippen LogP contribution in [-0.4, -0.2) is 67.5 Å². The molecule has 6 aromatic carbocycles. The van der Waals surface area contributed by atoms with Crippen LogP contribution in [0.2, 0.25) is 30.1 Å². The van der Waals surface area contributed by atoms with Gasteiger partial charge < -0.3 is 37.1 Å². The Labute approximate surface area is 523 Å². The van der Waals surface area contributed by atoms with E-state index in [0.717, 1.165) is 18.4 Å². The van der Waals surface area contributed by atoms with Gasteiger partial charge in [-0.2, -0.15) is 0 Å². The molecule has 2 unspecified atom stereocenters. The number of nitrogens with one attached hydrogen (secondary N) is 2. The van der Waals surface area contributed by atoms with E-state index >= 15 is 0 Å². The van der Waals surface area contributed by atoms with Gasteiger partial charge in [0.15, 0.2) is 31.2 Å². The maximum Gasteiger partial charge on any atom is 0.243 e. The fourth-order valence-electron chi connectivity index (χ4n) is 7.86. The summed E-state index contributed by atoms with van der Waals surface area (Å²) in [5.41, 5.74) is 13.5. The van der Waals surface area contributed by atoms with Crippen molar-refractivity contribution >= 4 is 135 Å². The number of sulfone groups is 2. The normalized spacial score (nSPS) is 11.7. The first-order valence-corrected chi connectivity index (χ1v) is 32.3. The smallest absolute Gasteiger partial charge is 0.243 e. The van der Waals surface area contributed by atoms with Gasteiger partial charge in [-0.05, 0) is 125 Å². The maximum atomic E-state index is 13.2. The third kappa shape index (κ3) is 22.9. The van der Waals surface area contributed by atoms with Gasteiger partial charge in [0, 0.05) is 23.3 Å². The van der Waals surface area contributed by atoms with Gasteiger partial charge in [-0.1, -0.05) is 166 Å². The molecule has 0 bridgehead atoms. The molecule has 0 aliphatic heterocycles. The Morgan fingerprint density at radius 2 is 0.845 bits per heavy atom. The fraction of sp³-hybridized carbons (Fsp3) is 0.344. The zero-order valence-corrected chi connectivity index (χ0v) is 53.7. The molecular formula is C61H72Cl6N4O11S2. The van der Waals surface area contributed by atoms with E-state index in [1.165, 1.54) is 114 Å². The van der Waals surface area contributed by atoms with Crippen molar-refractivity contribution in [2.24, 2.45) is 0 Å². The van der Waals surface area contributed by atoms with Gasteiger partial charge >= 0.3 is 0 Å². The number of hydrogen-bond donors (Lipinski definition) is 6. The Morgan fingerprint density at radius 3 is 1.19 bits per heavy atom. The summed E-state index contributed by atoms with van der Waals surface area (Å²) in [5, 5.41) is 23.7. The first-order valence-electron chi connectivity index (χ1n) is 27.0. The number of halogens is 6. The van der Waals surface area contributed by atoms with Crippen molar-refractivity contribution in [1.82, 2.24) is 0 Å². The quantitative estimate of drug-likeness (QED) is 0.0143. The lowest BCUT2D eigenvalue weighted by atomic mass is 10.1. The average Bonchev–Trinajstić information content (AvgIpc) is 2.54. The molecule has 2 atom stereocenters. The van der Waals surface area contributed by atoms with Crippen molar-refractivity contribution in [1.29, 1.82) is 0 Å². The molecule has 0 saturated carbocycles. The molecule has 84 heavy (non-hydrogen) atoms. The molecule has 6 rings (SSSR count). The second kappa shape index (κ2) is 35.6. The molecule has 0 fully saturated rings. The monoisotopic (exact) mass is 1310 g/mol. The number of rotatable bonds is 24. The van der Waals surface area contributed by atoms with E-state index < -0.39 is 42.0 Å².